The fourth-order valence-electron chi connectivity index (χ4n) is 3.66. The van der Waals surface area contributed by atoms with Crippen LogP contribution in [-0.2, 0) is 0 Å². The van der Waals surface area contributed by atoms with Crippen LogP contribution in [0.2, 0.25) is 0 Å². The minimum absolute atomic E-state index is 0.124. The van der Waals surface area contributed by atoms with E-state index in [-0.39, 0.29) is 11.3 Å². The topological polar surface area (TPSA) is 42.2 Å². The molecule has 1 fully saturated rings. The lowest BCUT2D eigenvalue weighted by atomic mass is 9.79. The Morgan fingerprint density at radius 2 is 1.68 bits per heavy atom. The van der Waals surface area contributed by atoms with Crippen molar-refractivity contribution in [1.82, 2.24) is 0 Å². The van der Waals surface area contributed by atoms with Crippen molar-refractivity contribution in [3.63, 3.8) is 0 Å². The van der Waals surface area contributed by atoms with Crippen LogP contribution in [0.4, 0.5) is 8.78 Å². The molecule has 3 rings (SSSR count). The largest absolute Gasteiger partial charge is 0.494 e. The van der Waals surface area contributed by atoms with Gasteiger partial charge in [-0.2, -0.15) is 9.65 Å². The van der Waals surface area contributed by atoms with Crippen LogP contribution in [0.3, 0.4) is 0 Å². The van der Waals surface area contributed by atoms with Crippen LogP contribution in [-0.4, -0.2) is 13.2 Å². The molecule has 2 aromatic rings. The molecule has 0 bridgehead atoms. The molecule has 0 spiro atoms. The lowest BCUT2D eigenvalue weighted by molar-refractivity contribution is 0.192. The molecule has 0 N–H and O–H groups in total. The van der Waals surface area contributed by atoms with E-state index in [1.807, 2.05) is 12.1 Å². The Kier molecular flexibility index (Phi) is 6.86. The highest BCUT2D eigenvalue weighted by molar-refractivity contribution is 5.37. The third-order valence-corrected chi connectivity index (χ3v) is 5.31. The van der Waals surface area contributed by atoms with Gasteiger partial charge in [0, 0.05) is 0 Å². The second-order valence-corrected chi connectivity index (χ2v) is 7.30. The molecule has 2 aromatic carbocycles. The molecule has 0 heterocycles. The van der Waals surface area contributed by atoms with Crippen molar-refractivity contribution in [3.05, 3.63) is 59.2 Å². The highest BCUT2D eigenvalue weighted by atomic mass is 19.2. The maximum absolute atomic E-state index is 13.9. The van der Waals surface area contributed by atoms with Gasteiger partial charge < -0.3 is 9.47 Å². The van der Waals surface area contributed by atoms with Crippen LogP contribution in [0.15, 0.2) is 36.4 Å². The van der Waals surface area contributed by atoms with E-state index in [1.54, 1.807) is 6.07 Å². The van der Waals surface area contributed by atoms with Crippen molar-refractivity contribution in [1.29, 1.82) is 5.26 Å². The third kappa shape index (κ3) is 4.81. The number of nitriles is 1. The van der Waals surface area contributed by atoms with Crippen LogP contribution in [0.25, 0.3) is 0 Å². The number of benzene rings is 2. The first-order chi connectivity index (χ1) is 13.6. The zero-order valence-corrected chi connectivity index (χ0v) is 16.1. The van der Waals surface area contributed by atoms with Gasteiger partial charge in [-0.05, 0) is 73.8 Å². The standard InChI is InChI=1S/C23H25F2NO2/c1-2-13-27-20-10-7-18(8-11-20)17-5-3-16(4-6-17)15-28-21-12-9-19(14-26)22(24)23(21)25/h7-12,16-17H,2-6,13,15H2,1H3/t16-,17-. The lowest BCUT2D eigenvalue weighted by Gasteiger charge is -2.29. The molecule has 0 aliphatic heterocycles. The Labute approximate surface area is 164 Å². The van der Waals surface area contributed by atoms with E-state index < -0.39 is 11.6 Å². The van der Waals surface area contributed by atoms with Gasteiger partial charge in [-0.15, -0.1) is 0 Å². The Morgan fingerprint density at radius 1 is 0.964 bits per heavy atom. The van der Waals surface area contributed by atoms with Crippen LogP contribution >= 0.6 is 0 Å². The summed E-state index contributed by atoms with van der Waals surface area (Å²) in [6.07, 6.45) is 5.06. The third-order valence-electron chi connectivity index (χ3n) is 5.31. The Hall–Kier alpha value is -2.61. The van der Waals surface area contributed by atoms with Crippen molar-refractivity contribution >= 4 is 0 Å². The number of rotatable bonds is 7. The minimum Gasteiger partial charge on any atom is -0.494 e. The molecule has 1 saturated carbocycles. The average Bonchev–Trinajstić information content (AvgIpc) is 2.74. The molecule has 0 atom stereocenters. The molecule has 0 radical (unpaired) electrons. The molecular weight excluding hydrogens is 360 g/mol. The molecule has 5 heteroatoms. The quantitative estimate of drug-likeness (QED) is 0.589. The van der Waals surface area contributed by atoms with Gasteiger partial charge >= 0.3 is 0 Å². The highest BCUT2D eigenvalue weighted by Crippen LogP contribution is 2.36. The van der Waals surface area contributed by atoms with Crippen molar-refractivity contribution in [3.8, 4) is 17.6 Å². The molecule has 0 unspecified atom stereocenters. The Balaban J connectivity index is 1.49. The monoisotopic (exact) mass is 385 g/mol. The molecule has 1 aliphatic rings. The van der Waals surface area contributed by atoms with E-state index in [1.165, 1.54) is 17.7 Å². The molecule has 28 heavy (non-hydrogen) atoms. The van der Waals surface area contributed by atoms with Crippen molar-refractivity contribution in [2.45, 2.75) is 44.9 Å². The molecule has 3 nitrogen and oxygen atoms in total. The summed E-state index contributed by atoms with van der Waals surface area (Å²) in [6, 6.07) is 12.5. The summed E-state index contributed by atoms with van der Waals surface area (Å²) < 4.78 is 38.8. The van der Waals surface area contributed by atoms with Gasteiger partial charge in [-0.1, -0.05) is 19.1 Å². The van der Waals surface area contributed by atoms with E-state index in [2.05, 4.69) is 19.1 Å². The molecule has 0 aromatic heterocycles. The van der Waals surface area contributed by atoms with Gasteiger partial charge in [0.2, 0.25) is 5.82 Å². The van der Waals surface area contributed by atoms with Gasteiger partial charge in [0.05, 0.1) is 18.8 Å². The second-order valence-electron chi connectivity index (χ2n) is 7.30. The Morgan fingerprint density at radius 3 is 2.32 bits per heavy atom. The zero-order valence-electron chi connectivity index (χ0n) is 16.1. The van der Waals surface area contributed by atoms with E-state index in [0.717, 1.165) is 44.5 Å². The van der Waals surface area contributed by atoms with E-state index >= 15 is 0 Å². The van der Waals surface area contributed by atoms with Gasteiger partial charge in [0.25, 0.3) is 0 Å². The Bertz CT molecular complexity index is 822. The number of ether oxygens (including phenoxy) is 2. The number of nitrogens with zero attached hydrogens (tertiary/aromatic N) is 1. The highest BCUT2D eigenvalue weighted by Gasteiger charge is 2.24. The van der Waals surface area contributed by atoms with Crippen molar-refractivity contribution in [2.75, 3.05) is 13.2 Å². The fourth-order valence-corrected chi connectivity index (χ4v) is 3.66. The smallest absolute Gasteiger partial charge is 0.201 e. The van der Waals surface area contributed by atoms with Crippen LogP contribution in [0.1, 0.15) is 56.1 Å². The minimum atomic E-state index is -1.14. The van der Waals surface area contributed by atoms with Crippen molar-refractivity contribution < 1.29 is 18.3 Å². The predicted molar refractivity (Wildman–Crippen MR) is 103 cm³/mol. The van der Waals surface area contributed by atoms with Crippen molar-refractivity contribution in [2.24, 2.45) is 5.92 Å². The van der Waals surface area contributed by atoms with Crippen LogP contribution < -0.4 is 9.47 Å². The SMILES string of the molecule is CCCOc1ccc([C@H]2CC[C@H](COc3ccc(C#N)c(F)c3F)CC2)cc1. The number of hydrogen-bond acceptors (Lipinski definition) is 3. The predicted octanol–water partition coefficient (Wildman–Crippen LogP) is 5.98. The summed E-state index contributed by atoms with van der Waals surface area (Å²) >= 11 is 0. The maximum atomic E-state index is 13.9. The summed E-state index contributed by atoms with van der Waals surface area (Å²) in [5.74, 6) is -0.610. The molecular formula is C23H25F2NO2. The van der Waals surface area contributed by atoms with Crippen LogP contribution in [0, 0.1) is 28.9 Å². The first kappa shape index (κ1) is 20.1. The van der Waals surface area contributed by atoms with E-state index in [0.29, 0.717) is 18.4 Å². The fraction of sp³-hybridized carbons (Fsp3) is 0.435. The molecule has 148 valence electrons. The number of hydrogen-bond donors (Lipinski definition) is 0. The summed E-state index contributed by atoms with van der Waals surface area (Å²) in [5, 5.41) is 8.74. The van der Waals surface area contributed by atoms with Gasteiger partial charge in [-0.3, -0.25) is 0 Å². The summed E-state index contributed by atoms with van der Waals surface area (Å²) in [6.45, 7) is 3.18. The van der Waals surface area contributed by atoms with Gasteiger partial charge in [0.1, 0.15) is 11.8 Å². The van der Waals surface area contributed by atoms with E-state index in [4.69, 9.17) is 14.7 Å². The van der Waals surface area contributed by atoms with Gasteiger partial charge in [0.15, 0.2) is 11.6 Å². The zero-order chi connectivity index (χ0) is 19.9. The second kappa shape index (κ2) is 9.54. The average molecular weight is 385 g/mol. The lowest BCUT2D eigenvalue weighted by Crippen LogP contribution is -2.19. The first-order valence-corrected chi connectivity index (χ1v) is 9.86. The molecule has 0 amide bonds. The summed E-state index contributed by atoms with van der Waals surface area (Å²) in [5.41, 5.74) is 1.01. The maximum Gasteiger partial charge on any atom is 0.201 e. The molecule has 0 saturated heterocycles. The van der Waals surface area contributed by atoms with E-state index in [9.17, 15) is 8.78 Å². The van der Waals surface area contributed by atoms with Crippen LogP contribution in [0.5, 0.6) is 11.5 Å². The molecule has 1 aliphatic carbocycles. The summed E-state index contributed by atoms with van der Waals surface area (Å²) in [7, 11) is 0. The summed E-state index contributed by atoms with van der Waals surface area (Å²) in [4.78, 5) is 0. The van der Waals surface area contributed by atoms with Gasteiger partial charge in [-0.25, -0.2) is 4.39 Å². The normalized spacial score (nSPS) is 19.1. The number of halogens is 2. The first-order valence-electron chi connectivity index (χ1n) is 9.86.